The average molecular weight is 401 g/mol. The van der Waals surface area contributed by atoms with Crippen molar-refractivity contribution in [1.29, 1.82) is 0 Å². The third kappa shape index (κ3) is 4.43. The number of hydrogen-bond acceptors (Lipinski definition) is 3. The first-order valence-corrected chi connectivity index (χ1v) is 10.8. The van der Waals surface area contributed by atoms with Crippen LogP contribution in [0.3, 0.4) is 0 Å². The fraction of sp³-hybridized carbons (Fsp3) is 0.200. The van der Waals surface area contributed by atoms with Crippen molar-refractivity contribution in [3.05, 3.63) is 89.0 Å². The highest BCUT2D eigenvalue weighted by atomic mass is 32.2. The van der Waals surface area contributed by atoms with E-state index < -0.39 is 0 Å². The molecule has 146 valence electrons. The highest BCUT2D eigenvalue weighted by molar-refractivity contribution is 7.99. The van der Waals surface area contributed by atoms with Gasteiger partial charge in [-0.2, -0.15) is 0 Å². The lowest BCUT2D eigenvalue weighted by molar-refractivity contribution is 0.0951. The van der Waals surface area contributed by atoms with Gasteiger partial charge < -0.3 is 5.32 Å². The number of aryl methyl sites for hydroxylation is 1. The maximum absolute atomic E-state index is 12.7. The summed E-state index contributed by atoms with van der Waals surface area (Å²) in [5, 5.41) is 3.02. The summed E-state index contributed by atoms with van der Waals surface area (Å²) < 4.78 is 0. The van der Waals surface area contributed by atoms with Crippen molar-refractivity contribution in [2.45, 2.75) is 43.0 Å². The van der Waals surface area contributed by atoms with Crippen molar-refractivity contribution >= 4 is 29.1 Å². The maximum Gasteiger partial charge on any atom is 0.251 e. The van der Waals surface area contributed by atoms with Crippen molar-refractivity contribution in [2.24, 2.45) is 4.99 Å². The lowest BCUT2D eigenvalue weighted by Crippen LogP contribution is -2.22. The van der Waals surface area contributed by atoms with E-state index in [0.29, 0.717) is 12.1 Å². The Bertz CT molecular complexity index is 1070. The van der Waals surface area contributed by atoms with E-state index in [-0.39, 0.29) is 5.91 Å². The van der Waals surface area contributed by atoms with Crippen molar-refractivity contribution in [3.8, 4) is 0 Å². The summed E-state index contributed by atoms with van der Waals surface area (Å²) in [7, 11) is 0. The Morgan fingerprint density at radius 2 is 1.79 bits per heavy atom. The number of fused-ring (bicyclic) bond motifs is 2. The first-order chi connectivity index (χ1) is 14.1. The summed E-state index contributed by atoms with van der Waals surface area (Å²) in [4.78, 5) is 20.0. The molecule has 0 atom stereocenters. The summed E-state index contributed by atoms with van der Waals surface area (Å²) in [5.74, 6) is -0.0765. The van der Waals surface area contributed by atoms with E-state index in [2.05, 4.69) is 55.6 Å². The van der Waals surface area contributed by atoms with Gasteiger partial charge in [-0.05, 0) is 43.2 Å². The molecule has 1 heterocycles. The molecule has 0 spiro atoms. The number of hydrogen-bond donors (Lipinski definition) is 1. The van der Waals surface area contributed by atoms with Gasteiger partial charge >= 0.3 is 0 Å². The standard InChI is InChI=1S/C25H24N2OS/c1-3-6-21-20-7-4-5-8-23(20)29-24-14-13-19(15-22(24)27-21)25(28)26-16-18-11-9-17(2)10-12-18/h4-5,7-15H,3,6,16H2,1-2H3,(H,26,28). The summed E-state index contributed by atoms with van der Waals surface area (Å²) in [6.07, 6.45) is 1.95. The summed E-state index contributed by atoms with van der Waals surface area (Å²) in [6, 6.07) is 22.4. The van der Waals surface area contributed by atoms with Crippen molar-refractivity contribution in [2.75, 3.05) is 0 Å². The molecule has 1 aliphatic heterocycles. The molecule has 3 aromatic rings. The quantitative estimate of drug-likeness (QED) is 0.545. The summed E-state index contributed by atoms with van der Waals surface area (Å²) in [6.45, 7) is 4.74. The first kappa shape index (κ1) is 19.5. The van der Waals surface area contributed by atoms with Crippen molar-refractivity contribution in [3.63, 3.8) is 0 Å². The molecule has 1 amide bonds. The molecule has 29 heavy (non-hydrogen) atoms. The number of carbonyl (C=O) groups is 1. The van der Waals surface area contributed by atoms with Crippen LogP contribution in [0.4, 0.5) is 5.69 Å². The van der Waals surface area contributed by atoms with Crippen LogP contribution in [0, 0.1) is 6.92 Å². The minimum atomic E-state index is -0.0765. The SMILES string of the molecule is CCCC1=Nc2cc(C(=O)NCc3ccc(C)cc3)ccc2Sc2ccccc21. The molecule has 3 aromatic carbocycles. The highest BCUT2D eigenvalue weighted by Gasteiger charge is 2.18. The number of nitrogens with zero attached hydrogens (tertiary/aromatic N) is 1. The zero-order valence-electron chi connectivity index (χ0n) is 16.7. The van der Waals surface area contributed by atoms with Crippen LogP contribution in [-0.4, -0.2) is 11.6 Å². The molecule has 0 radical (unpaired) electrons. The molecule has 0 unspecified atom stereocenters. The van der Waals surface area contributed by atoms with Crippen LogP contribution in [0.5, 0.6) is 0 Å². The van der Waals surface area contributed by atoms with Gasteiger partial charge in [0.05, 0.1) is 5.69 Å². The van der Waals surface area contributed by atoms with Gasteiger partial charge in [-0.1, -0.05) is 73.1 Å². The van der Waals surface area contributed by atoms with Gasteiger partial charge in [-0.3, -0.25) is 9.79 Å². The molecule has 4 heteroatoms. The summed E-state index contributed by atoms with van der Waals surface area (Å²) >= 11 is 1.72. The molecule has 0 saturated carbocycles. The van der Waals surface area contributed by atoms with E-state index >= 15 is 0 Å². The fourth-order valence-corrected chi connectivity index (χ4v) is 4.39. The minimum Gasteiger partial charge on any atom is -0.348 e. The number of amides is 1. The Labute approximate surface area is 176 Å². The van der Waals surface area contributed by atoms with Gasteiger partial charge in [0, 0.05) is 33.2 Å². The van der Waals surface area contributed by atoms with Crippen molar-refractivity contribution in [1.82, 2.24) is 5.32 Å². The van der Waals surface area contributed by atoms with Gasteiger partial charge in [-0.25, -0.2) is 0 Å². The predicted molar refractivity (Wildman–Crippen MR) is 120 cm³/mol. The zero-order chi connectivity index (χ0) is 20.2. The van der Waals surface area contributed by atoms with Crippen LogP contribution >= 0.6 is 11.8 Å². The van der Waals surface area contributed by atoms with Crippen LogP contribution < -0.4 is 5.32 Å². The maximum atomic E-state index is 12.7. The van der Waals surface area contributed by atoms with E-state index in [4.69, 9.17) is 4.99 Å². The van der Waals surface area contributed by atoms with E-state index in [1.807, 2.05) is 30.3 Å². The Morgan fingerprint density at radius 3 is 2.59 bits per heavy atom. The van der Waals surface area contributed by atoms with E-state index in [1.165, 1.54) is 16.0 Å². The molecular weight excluding hydrogens is 376 g/mol. The molecule has 1 aliphatic rings. The molecule has 3 nitrogen and oxygen atoms in total. The minimum absolute atomic E-state index is 0.0765. The van der Waals surface area contributed by atoms with Crippen LogP contribution in [-0.2, 0) is 6.54 Å². The van der Waals surface area contributed by atoms with Gasteiger partial charge in [0.1, 0.15) is 0 Å². The number of nitrogens with one attached hydrogen (secondary N) is 1. The largest absolute Gasteiger partial charge is 0.348 e. The second-order valence-corrected chi connectivity index (χ2v) is 8.34. The molecule has 1 N–H and O–H groups in total. The Morgan fingerprint density at radius 1 is 1.00 bits per heavy atom. The van der Waals surface area contributed by atoms with Crippen LogP contribution in [0.1, 0.15) is 46.8 Å². The first-order valence-electron chi connectivity index (χ1n) is 9.96. The third-order valence-electron chi connectivity index (χ3n) is 4.95. The van der Waals surface area contributed by atoms with Gasteiger partial charge in [0.15, 0.2) is 0 Å². The molecular formula is C25H24N2OS. The monoisotopic (exact) mass is 400 g/mol. The van der Waals surface area contributed by atoms with E-state index in [1.54, 1.807) is 11.8 Å². The molecule has 0 aromatic heterocycles. The Balaban J connectivity index is 1.59. The molecule has 4 rings (SSSR count). The van der Waals surface area contributed by atoms with Crippen LogP contribution in [0.2, 0.25) is 0 Å². The lowest BCUT2D eigenvalue weighted by Gasteiger charge is -2.08. The van der Waals surface area contributed by atoms with Crippen LogP contribution in [0.25, 0.3) is 0 Å². The Kier molecular flexibility index (Phi) is 5.81. The van der Waals surface area contributed by atoms with Crippen molar-refractivity contribution < 1.29 is 4.79 Å². The average Bonchev–Trinajstić information content (AvgIpc) is 2.89. The Hall–Kier alpha value is -2.85. The number of aliphatic imine (C=N–C) groups is 1. The van der Waals surface area contributed by atoms with Gasteiger partial charge in [-0.15, -0.1) is 0 Å². The second-order valence-electron chi connectivity index (χ2n) is 7.26. The van der Waals surface area contributed by atoms with E-state index in [0.717, 1.165) is 34.7 Å². The normalized spacial score (nSPS) is 12.4. The third-order valence-corrected chi connectivity index (χ3v) is 6.10. The fourth-order valence-electron chi connectivity index (χ4n) is 3.37. The zero-order valence-corrected chi connectivity index (χ0v) is 17.6. The number of carbonyl (C=O) groups excluding carboxylic acids is 1. The van der Waals surface area contributed by atoms with Crippen LogP contribution in [0.15, 0.2) is 81.5 Å². The second kappa shape index (κ2) is 8.66. The molecule has 0 bridgehead atoms. The van der Waals surface area contributed by atoms with Gasteiger partial charge in [0.2, 0.25) is 0 Å². The lowest BCUT2D eigenvalue weighted by atomic mass is 10.1. The number of benzene rings is 3. The topological polar surface area (TPSA) is 41.5 Å². The molecule has 0 fully saturated rings. The highest BCUT2D eigenvalue weighted by Crippen LogP contribution is 2.41. The van der Waals surface area contributed by atoms with Gasteiger partial charge in [0.25, 0.3) is 5.91 Å². The molecule has 0 aliphatic carbocycles. The summed E-state index contributed by atoms with van der Waals surface area (Å²) in [5.41, 5.74) is 6.10. The molecule has 0 saturated heterocycles. The predicted octanol–water partition coefficient (Wildman–Crippen LogP) is 6.31. The smallest absolute Gasteiger partial charge is 0.251 e. The number of rotatable bonds is 5. The van der Waals surface area contributed by atoms with E-state index in [9.17, 15) is 4.79 Å².